The van der Waals surface area contributed by atoms with Crippen LogP contribution in [0.1, 0.15) is 16.4 Å². The van der Waals surface area contributed by atoms with Crippen molar-refractivity contribution in [2.75, 3.05) is 7.11 Å². The molecular weight excluding hydrogens is 268 g/mol. The van der Waals surface area contributed by atoms with E-state index in [0.29, 0.717) is 6.42 Å². The van der Waals surface area contributed by atoms with E-state index in [-0.39, 0.29) is 11.2 Å². The second-order valence-corrected chi connectivity index (χ2v) is 5.32. The highest BCUT2D eigenvalue weighted by Crippen LogP contribution is 2.27. The lowest BCUT2D eigenvalue weighted by Gasteiger charge is -2.12. The minimum Gasteiger partial charge on any atom is -0.497 e. The fourth-order valence-corrected chi connectivity index (χ4v) is 2.75. The molecule has 94 valence electrons. The molecular formula is C14H13ClO2S. The number of carbonyl (C=O) groups is 1. The van der Waals surface area contributed by atoms with Gasteiger partial charge in [-0.25, -0.2) is 0 Å². The van der Waals surface area contributed by atoms with E-state index in [9.17, 15) is 4.79 Å². The number of methoxy groups -OCH3 is 1. The van der Waals surface area contributed by atoms with Crippen LogP contribution in [0.15, 0.2) is 41.8 Å². The lowest BCUT2D eigenvalue weighted by atomic mass is 9.96. The molecule has 2 rings (SSSR count). The molecule has 0 bridgehead atoms. The van der Waals surface area contributed by atoms with Gasteiger partial charge in [-0.05, 0) is 47.2 Å². The van der Waals surface area contributed by atoms with Crippen LogP contribution in [-0.2, 0) is 11.2 Å². The van der Waals surface area contributed by atoms with E-state index in [2.05, 4.69) is 0 Å². The first kappa shape index (κ1) is 13.1. The summed E-state index contributed by atoms with van der Waals surface area (Å²) in [7, 11) is 1.62. The maximum Gasteiger partial charge on any atom is 0.229 e. The Morgan fingerprint density at radius 3 is 2.56 bits per heavy atom. The highest BCUT2D eigenvalue weighted by molar-refractivity contribution is 7.09. The molecule has 0 fully saturated rings. The molecule has 0 aliphatic carbocycles. The summed E-state index contributed by atoms with van der Waals surface area (Å²) in [4.78, 5) is 12.7. The van der Waals surface area contributed by atoms with Crippen LogP contribution in [0.3, 0.4) is 0 Å². The number of rotatable bonds is 5. The van der Waals surface area contributed by atoms with E-state index in [1.165, 1.54) is 0 Å². The number of halogens is 1. The third-order valence-electron chi connectivity index (χ3n) is 2.78. The normalized spacial score (nSPS) is 12.1. The highest BCUT2D eigenvalue weighted by Gasteiger charge is 2.19. The second kappa shape index (κ2) is 6.03. The van der Waals surface area contributed by atoms with Crippen LogP contribution in [0.2, 0.25) is 0 Å². The van der Waals surface area contributed by atoms with Gasteiger partial charge in [-0.15, -0.1) is 11.3 Å². The number of hydrogen-bond acceptors (Lipinski definition) is 3. The van der Waals surface area contributed by atoms with E-state index >= 15 is 0 Å². The maximum atomic E-state index is 11.6. The van der Waals surface area contributed by atoms with Crippen molar-refractivity contribution in [3.63, 3.8) is 0 Å². The van der Waals surface area contributed by atoms with Gasteiger partial charge in [0.2, 0.25) is 5.24 Å². The van der Waals surface area contributed by atoms with Gasteiger partial charge in [0.25, 0.3) is 0 Å². The summed E-state index contributed by atoms with van der Waals surface area (Å²) in [6, 6.07) is 11.5. The molecule has 0 spiro atoms. The molecule has 1 heterocycles. The molecule has 0 saturated heterocycles. The minimum absolute atomic E-state index is 0.295. The second-order valence-electron chi connectivity index (χ2n) is 3.91. The SMILES string of the molecule is COc1ccc(C(Cc2cccs2)C(=O)Cl)cc1. The van der Waals surface area contributed by atoms with Crippen LogP contribution in [0.25, 0.3) is 0 Å². The number of hydrogen-bond donors (Lipinski definition) is 0. The number of carbonyl (C=O) groups excluding carboxylic acids is 1. The van der Waals surface area contributed by atoms with Gasteiger partial charge in [-0.2, -0.15) is 0 Å². The van der Waals surface area contributed by atoms with Gasteiger partial charge in [-0.1, -0.05) is 18.2 Å². The summed E-state index contributed by atoms with van der Waals surface area (Å²) in [6.07, 6.45) is 0.645. The van der Waals surface area contributed by atoms with Crippen LogP contribution in [0, 0.1) is 0 Å². The van der Waals surface area contributed by atoms with Crippen LogP contribution < -0.4 is 4.74 Å². The Morgan fingerprint density at radius 1 is 1.33 bits per heavy atom. The first-order valence-corrected chi connectivity index (χ1v) is 6.82. The van der Waals surface area contributed by atoms with Crippen molar-refractivity contribution in [1.82, 2.24) is 0 Å². The van der Waals surface area contributed by atoms with Gasteiger partial charge in [0, 0.05) is 4.88 Å². The molecule has 0 aliphatic heterocycles. The topological polar surface area (TPSA) is 26.3 Å². The Hall–Kier alpha value is -1.32. The van der Waals surface area contributed by atoms with Gasteiger partial charge in [0.15, 0.2) is 0 Å². The summed E-state index contributed by atoms with van der Waals surface area (Å²) in [6.45, 7) is 0. The predicted molar refractivity (Wildman–Crippen MR) is 74.6 cm³/mol. The zero-order valence-corrected chi connectivity index (χ0v) is 11.5. The summed E-state index contributed by atoms with van der Waals surface area (Å²) in [5.41, 5.74) is 0.921. The molecule has 4 heteroatoms. The Balaban J connectivity index is 2.21. The third-order valence-corrected chi connectivity index (χ3v) is 3.94. The number of thiophene rings is 1. The molecule has 0 N–H and O–H groups in total. The average Bonchev–Trinajstić information content (AvgIpc) is 2.89. The first-order valence-electron chi connectivity index (χ1n) is 5.56. The van der Waals surface area contributed by atoms with Crippen LogP contribution in [-0.4, -0.2) is 12.4 Å². The third kappa shape index (κ3) is 3.12. The standard InChI is InChI=1S/C14H13ClO2S/c1-17-11-6-4-10(5-7-11)13(14(15)16)9-12-3-2-8-18-12/h2-8,13H,9H2,1H3. The van der Waals surface area contributed by atoms with Crippen LogP contribution in [0.4, 0.5) is 0 Å². The van der Waals surface area contributed by atoms with Crippen molar-refractivity contribution in [2.45, 2.75) is 12.3 Å². The Kier molecular flexibility index (Phi) is 4.39. The van der Waals surface area contributed by atoms with Gasteiger partial charge in [-0.3, -0.25) is 4.79 Å². The summed E-state index contributed by atoms with van der Waals surface area (Å²) < 4.78 is 5.10. The van der Waals surface area contributed by atoms with E-state index in [1.54, 1.807) is 18.4 Å². The van der Waals surface area contributed by atoms with Gasteiger partial charge < -0.3 is 4.74 Å². The summed E-state index contributed by atoms with van der Waals surface area (Å²) >= 11 is 7.34. The van der Waals surface area contributed by atoms with E-state index in [1.807, 2.05) is 41.8 Å². The molecule has 0 amide bonds. The van der Waals surface area contributed by atoms with Gasteiger partial charge >= 0.3 is 0 Å². The molecule has 1 atom stereocenters. The molecule has 2 aromatic rings. The fraction of sp³-hybridized carbons (Fsp3) is 0.214. The lowest BCUT2D eigenvalue weighted by Crippen LogP contribution is -2.09. The minimum atomic E-state index is -0.325. The maximum absolute atomic E-state index is 11.6. The highest BCUT2D eigenvalue weighted by atomic mass is 35.5. The van der Waals surface area contributed by atoms with Gasteiger partial charge in [0.1, 0.15) is 5.75 Å². The predicted octanol–water partition coefficient (Wildman–Crippen LogP) is 3.85. The van der Waals surface area contributed by atoms with E-state index in [0.717, 1.165) is 16.2 Å². The Bertz CT molecular complexity index is 505. The molecule has 2 nitrogen and oxygen atoms in total. The zero-order chi connectivity index (χ0) is 13.0. The smallest absolute Gasteiger partial charge is 0.229 e. The van der Waals surface area contributed by atoms with Crippen molar-refractivity contribution >= 4 is 28.2 Å². The average molecular weight is 281 g/mol. The lowest BCUT2D eigenvalue weighted by molar-refractivity contribution is -0.113. The van der Waals surface area contributed by atoms with Crippen molar-refractivity contribution < 1.29 is 9.53 Å². The summed E-state index contributed by atoms with van der Waals surface area (Å²) in [5, 5.41) is 1.67. The van der Waals surface area contributed by atoms with Crippen molar-refractivity contribution in [1.29, 1.82) is 0 Å². The monoisotopic (exact) mass is 280 g/mol. The largest absolute Gasteiger partial charge is 0.497 e. The van der Waals surface area contributed by atoms with Crippen LogP contribution >= 0.6 is 22.9 Å². The molecule has 0 aliphatic rings. The molecule has 1 aromatic carbocycles. The molecule has 0 radical (unpaired) electrons. The Morgan fingerprint density at radius 2 is 2.06 bits per heavy atom. The quantitative estimate of drug-likeness (QED) is 0.778. The van der Waals surface area contributed by atoms with Crippen molar-refractivity contribution in [3.8, 4) is 5.75 Å². The molecule has 1 aromatic heterocycles. The fourth-order valence-electron chi connectivity index (χ4n) is 1.80. The van der Waals surface area contributed by atoms with Gasteiger partial charge in [0.05, 0.1) is 13.0 Å². The summed E-state index contributed by atoms with van der Waals surface area (Å²) in [5.74, 6) is 0.479. The van der Waals surface area contributed by atoms with Crippen molar-refractivity contribution in [2.24, 2.45) is 0 Å². The molecule has 0 saturated carbocycles. The molecule has 1 unspecified atom stereocenters. The number of ether oxygens (including phenoxy) is 1. The zero-order valence-electron chi connectivity index (χ0n) is 9.93. The molecule has 18 heavy (non-hydrogen) atoms. The van der Waals surface area contributed by atoms with Crippen LogP contribution in [0.5, 0.6) is 5.75 Å². The van der Waals surface area contributed by atoms with E-state index in [4.69, 9.17) is 16.3 Å². The van der Waals surface area contributed by atoms with Crippen molar-refractivity contribution in [3.05, 3.63) is 52.2 Å². The van der Waals surface area contributed by atoms with E-state index < -0.39 is 0 Å². The Labute approximate surface area is 115 Å². The number of benzene rings is 1. The first-order chi connectivity index (χ1) is 8.70.